The molecule has 2 fully saturated rings. The molecular formula is C14H28N2. The first-order valence-electron chi connectivity index (χ1n) is 7.07. The van der Waals surface area contributed by atoms with Crippen LogP contribution in [-0.4, -0.2) is 36.1 Å². The maximum absolute atomic E-state index is 3.66. The number of rotatable bonds is 5. The van der Waals surface area contributed by atoms with Gasteiger partial charge in [0.2, 0.25) is 0 Å². The van der Waals surface area contributed by atoms with Crippen molar-refractivity contribution in [3.63, 3.8) is 0 Å². The molecule has 16 heavy (non-hydrogen) atoms. The fourth-order valence-electron chi connectivity index (χ4n) is 3.04. The first-order valence-corrected chi connectivity index (χ1v) is 7.07. The van der Waals surface area contributed by atoms with Gasteiger partial charge in [-0.2, -0.15) is 0 Å². The summed E-state index contributed by atoms with van der Waals surface area (Å²) >= 11 is 0. The van der Waals surface area contributed by atoms with E-state index in [9.17, 15) is 0 Å². The highest BCUT2D eigenvalue weighted by atomic mass is 15.2. The van der Waals surface area contributed by atoms with E-state index in [-0.39, 0.29) is 0 Å². The van der Waals surface area contributed by atoms with E-state index in [1.807, 2.05) is 0 Å². The molecule has 1 saturated carbocycles. The molecule has 0 aromatic rings. The fourth-order valence-corrected chi connectivity index (χ4v) is 3.04. The summed E-state index contributed by atoms with van der Waals surface area (Å²) < 4.78 is 0. The third-order valence-corrected chi connectivity index (χ3v) is 4.48. The zero-order valence-electron chi connectivity index (χ0n) is 11.4. The van der Waals surface area contributed by atoms with E-state index in [0.717, 1.165) is 30.0 Å². The summed E-state index contributed by atoms with van der Waals surface area (Å²) in [4.78, 5) is 2.71. The molecule has 0 aromatic carbocycles. The van der Waals surface area contributed by atoms with Crippen LogP contribution in [-0.2, 0) is 0 Å². The van der Waals surface area contributed by atoms with Crippen LogP contribution in [0.25, 0.3) is 0 Å². The summed E-state index contributed by atoms with van der Waals surface area (Å²) in [5.74, 6) is 1.66. The third kappa shape index (κ3) is 2.98. The Balaban J connectivity index is 1.77. The second-order valence-electron chi connectivity index (χ2n) is 6.29. The third-order valence-electron chi connectivity index (χ3n) is 4.48. The molecule has 0 spiro atoms. The second kappa shape index (κ2) is 5.05. The predicted molar refractivity (Wildman–Crippen MR) is 69.6 cm³/mol. The number of nitrogens with one attached hydrogen (secondary N) is 1. The Bertz CT molecular complexity index is 225. The van der Waals surface area contributed by atoms with E-state index in [1.165, 1.54) is 32.4 Å². The van der Waals surface area contributed by atoms with Gasteiger partial charge in [-0.3, -0.25) is 4.90 Å². The van der Waals surface area contributed by atoms with Gasteiger partial charge in [0.25, 0.3) is 0 Å². The summed E-state index contributed by atoms with van der Waals surface area (Å²) in [6.45, 7) is 12.1. The highest BCUT2D eigenvalue weighted by molar-refractivity contribution is 4.88. The van der Waals surface area contributed by atoms with Crippen LogP contribution < -0.4 is 5.32 Å². The molecule has 0 amide bonds. The molecule has 0 bridgehead atoms. The van der Waals surface area contributed by atoms with Gasteiger partial charge in [-0.05, 0) is 51.5 Å². The maximum Gasteiger partial charge on any atom is 0.0108 e. The van der Waals surface area contributed by atoms with E-state index in [4.69, 9.17) is 0 Å². The van der Waals surface area contributed by atoms with Crippen LogP contribution in [0, 0.1) is 11.8 Å². The van der Waals surface area contributed by atoms with Crippen LogP contribution in [0.5, 0.6) is 0 Å². The molecule has 2 rings (SSSR count). The molecule has 1 aliphatic heterocycles. The quantitative estimate of drug-likeness (QED) is 0.772. The minimum atomic E-state index is 0.728. The number of hydrogen-bond acceptors (Lipinski definition) is 2. The molecule has 0 radical (unpaired) electrons. The number of nitrogens with zero attached hydrogens (tertiary/aromatic N) is 1. The summed E-state index contributed by atoms with van der Waals surface area (Å²) in [5.41, 5.74) is 0. The standard InChI is InChI=1S/C14H28N2/c1-10-7-12(3)16(9-10)13(4)11(2)8-15-14-5-6-14/h10-15H,5-9H2,1-4H3. The lowest BCUT2D eigenvalue weighted by atomic mass is 10.0. The van der Waals surface area contributed by atoms with Crippen LogP contribution in [0.1, 0.15) is 47.0 Å². The van der Waals surface area contributed by atoms with E-state index in [2.05, 4.69) is 37.9 Å². The van der Waals surface area contributed by atoms with E-state index < -0.39 is 0 Å². The summed E-state index contributed by atoms with van der Waals surface area (Å²) in [7, 11) is 0. The molecule has 1 heterocycles. The molecule has 4 unspecified atom stereocenters. The SMILES string of the molecule is CC1CC(C)N(C(C)C(C)CNC2CC2)C1. The Kier molecular flexibility index (Phi) is 3.91. The highest BCUT2D eigenvalue weighted by Gasteiger charge is 2.32. The predicted octanol–water partition coefficient (Wildman–Crippen LogP) is 2.49. The van der Waals surface area contributed by atoms with Gasteiger partial charge in [-0.15, -0.1) is 0 Å². The van der Waals surface area contributed by atoms with Crippen LogP contribution >= 0.6 is 0 Å². The number of hydrogen-bond donors (Lipinski definition) is 1. The van der Waals surface area contributed by atoms with Gasteiger partial charge >= 0.3 is 0 Å². The summed E-state index contributed by atoms with van der Waals surface area (Å²) in [6.07, 6.45) is 4.18. The van der Waals surface area contributed by atoms with Crippen molar-refractivity contribution in [2.24, 2.45) is 11.8 Å². The maximum atomic E-state index is 3.66. The molecule has 2 nitrogen and oxygen atoms in total. The molecule has 1 N–H and O–H groups in total. The number of likely N-dealkylation sites (tertiary alicyclic amines) is 1. The van der Waals surface area contributed by atoms with Crippen LogP contribution in [0.4, 0.5) is 0 Å². The monoisotopic (exact) mass is 224 g/mol. The van der Waals surface area contributed by atoms with E-state index >= 15 is 0 Å². The van der Waals surface area contributed by atoms with Crippen molar-refractivity contribution < 1.29 is 0 Å². The summed E-state index contributed by atoms with van der Waals surface area (Å²) in [6, 6.07) is 2.36. The van der Waals surface area contributed by atoms with Crippen LogP contribution in [0.3, 0.4) is 0 Å². The van der Waals surface area contributed by atoms with Gasteiger partial charge in [0.15, 0.2) is 0 Å². The molecule has 0 aromatic heterocycles. The van der Waals surface area contributed by atoms with Gasteiger partial charge in [0.05, 0.1) is 0 Å². The Morgan fingerprint density at radius 1 is 1.25 bits per heavy atom. The van der Waals surface area contributed by atoms with Crippen molar-refractivity contribution in [2.45, 2.75) is 65.1 Å². The van der Waals surface area contributed by atoms with Crippen LogP contribution in [0.15, 0.2) is 0 Å². The van der Waals surface area contributed by atoms with Crippen LogP contribution in [0.2, 0.25) is 0 Å². The van der Waals surface area contributed by atoms with Gasteiger partial charge in [-0.25, -0.2) is 0 Å². The van der Waals surface area contributed by atoms with Crippen molar-refractivity contribution in [1.29, 1.82) is 0 Å². The van der Waals surface area contributed by atoms with E-state index in [1.54, 1.807) is 0 Å². The Morgan fingerprint density at radius 3 is 2.44 bits per heavy atom. The minimum absolute atomic E-state index is 0.728. The van der Waals surface area contributed by atoms with Crippen molar-refractivity contribution in [2.75, 3.05) is 13.1 Å². The largest absolute Gasteiger partial charge is 0.314 e. The van der Waals surface area contributed by atoms with Gasteiger partial charge < -0.3 is 5.32 Å². The van der Waals surface area contributed by atoms with Crippen molar-refractivity contribution in [3.8, 4) is 0 Å². The first kappa shape index (κ1) is 12.4. The first-order chi connectivity index (χ1) is 7.58. The zero-order valence-corrected chi connectivity index (χ0v) is 11.4. The average Bonchev–Trinajstić information content (AvgIpc) is 2.99. The topological polar surface area (TPSA) is 15.3 Å². The van der Waals surface area contributed by atoms with Gasteiger partial charge in [0.1, 0.15) is 0 Å². The fraction of sp³-hybridized carbons (Fsp3) is 1.00. The smallest absolute Gasteiger partial charge is 0.0108 e. The van der Waals surface area contributed by atoms with E-state index in [0.29, 0.717) is 0 Å². The summed E-state index contributed by atoms with van der Waals surface area (Å²) in [5, 5.41) is 3.66. The molecule has 4 atom stereocenters. The lowest BCUT2D eigenvalue weighted by Gasteiger charge is -2.33. The Hall–Kier alpha value is -0.0800. The molecule has 2 aliphatic rings. The van der Waals surface area contributed by atoms with Gasteiger partial charge in [-0.1, -0.05) is 13.8 Å². The van der Waals surface area contributed by atoms with Crippen molar-refractivity contribution in [1.82, 2.24) is 10.2 Å². The van der Waals surface area contributed by atoms with Crippen molar-refractivity contribution >= 4 is 0 Å². The average molecular weight is 224 g/mol. The lowest BCUT2D eigenvalue weighted by molar-refractivity contribution is 0.151. The van der Waals surface area contributed by atoms with Crippen molar-refractivity contribution in [3.05, 3.63) is 0 Å². The second-order valence-corrected chi connectivity index (χ2v) is 6.29. The molecule has 2 heteroatoms. The molecular weight excluding hydrogens is 196 g/mol. The zero-order chi connectivity index (χ0) is 11.7. The minimum Gasteiger partial charge on any atom is -0.314 e. The molecule has 94 valence electrons. The lowest BCUT2D eigenvalue weighted by Crippen LogP contribution is -2.43. The van der Waals surface area contributed by atoms with Gasteiger partial charge in [0, 0.05) is 24.7 Å². The highest BCUT2D eigenvalue weighted by Crippen LogP contribution is 2.27. The Labute approximate surface area is 101 Å². The molecule has 1 saturated heterocycles. The molecule has 1 aliphatic carbocycles. The normalized spacial score (nSPS) is 35.2. The Morgan fingerprint density at radius 2 is 1.94 bits per heavy atom.